The van der Waals surface area contributed by atoms with Crippen LogP contribution in [0.15, 0.2) is 60.9 Å². The molecule has 15 heteroatoms. The van der Waals surface area contributed by atoms with E-state index in [1.54, 1.807) is 12.3 Å². The smallest absolute Gasteiger partial charge is 0.336 e. The molecule has 0 saturated carbocycles. The van der Waals surface area contributed by atoms with Crippen molar-refractivity contribution in [1.82, 2.24) is 20.6 Å². The molecule has 48 heavy (non-hydrogen) atoms. The van der Waals surface area contributed by atoms with Crippen LogP contribution in [-0.2, 0) is 0 Å². The number of fused-ring (bicyclic) bond motifs is 1. The van der Waals surface area contributed by atoms with Crippen molar-refractivity contribution in [1.29, 1.82) is 0 Å². The summed E-state index contributed by atoms with van der Waals surface area (Å²) in [5.41, 5.74) is 0.846. The highest BCUT2D eigenvalue weighted by atomic mass is 32.1. The summed E-state index contributed by atoms with van der Waals surface area (Å²) in [6.07, 6.45) is 6.16. The number of aromatic nitrogens is 2. The van der Waals surface area contributed by atoms with Crippen LogP contribution in [0.3, 0.4) is 0 Å². The van der Waals surface area contributed by atoms with E-state index >= 15 is 0 Å². The molecule has 2 aromatic carbocycles. The molecule has 260 valence electrons. The zero-order chi connectivity index (χ0) is 35.6. The molecule has 1 aliphatic rings. The molecule has 0 aliphatic carbocycles. The second-order valence-corrected chi connectivity index (χ2v) is 10.4. The van der Waals surface area contributed by atoms with Gasteiger partial charge in [0.1, 0.15) is 17.8 Å². The largest absolute Gasteiger partial charge is 0.478 e. The predicted molar refractivity (Wildman–Crippen MR) is 188 cm³/mol. The molecule has 1 aliphatic heterocycles. The van der Waals surface area contributed by atoms with Crippen molar-refractivity contribution in [2.45, 2.75) is 33.0 Å². The first-order chi connectivity index (χ1) is 23.0. The van der Waals surface area contributed by atoms with Gasteiger partial charge in [-0.2, -0.15) is 12.6 Å². The minimum Gasteiger partial charge on any atom is -0.478 e. The van der Waals surface area contributed by atoms with Crippen LogP contribution in [0.2, 0.25) is 0 Å². The van der Waals surface area contributed by atoms with Crippen LogP contribution in [0.25, 0.3) is 6.08 Å². The van der Waals surface area contributed by atoms with Gasteiger partial charge in [0.15, 0.2) is 17.9 Å². The van der Waals surface area contributed by atoms with Crippen LogP contribution in [0.1, 0.15) is 53.0 Å². The van der Waals surface area contributed by atoms with Crippen LogP contribution in [0.5, 0.6) is 0 Å². The maximum atomic E-state index is 14.2. The van der Waals surface area contributed by atoms with Gasteiger partial charge in [-0.15, -0.1) is 0 Å². The molecule has 13 nitrogen and oxygen atoms in total. The monoisotopic (exact) mass is 685 g/mol. The summed E-state index contributed by atoms with van der Waals surface area (Å²) in [7, 11) is 1.89. The molecule has 2 heterocycles. The summed E-state index contributed by atoms with van der Waals surface area (Å²) in [4.78, 5) is 48.5. The zero-order valence-corrected chi connectivity index (χ0v) is 28.3. The van der Waals surface area contributed by atoms with Gasteiger partial charge < -0.3 is 35.8 Å². The Morgan fingerprint density at radius 2 is 1.75 bits per heavy atom. The number of urea groups is 1. The van der Waals surface area contributed by atoms with E-state index in [-0.39, 0.29) is 24.1 Å². The quantitative estimate of drug-likeness (QED) is 0.109. The number of nitrogens with one attached hydrogen (secondary N) is 3. The Kier molecular flexibility index (Phi) is 16.8. The van der Waals surface area contributed by atoms with Crippen molar-refractivity contribution in [3.63, 3.8) is 0 Å². The highest BCUT2D eigenvalue weighted by Gasteiger charge is 2.29. The Bertz CT molecular complexity index is 1510. The lowest BCUT2D eigenvalue weighted by molar-refractivity contribution is 0.00301. The number of rotatable bonds is 12. The van der Waals surface area contributed by atoms with E-state index in [4.69, 9.17) is 10.2 Å². The number of nitrogens with zero attached hydrogens (tertiary/aromatic N) is 4. The van der Waals surface area contributed by atoms with Gasteiger partial charge in [0.25, 0.3) is 5.91 Å². The van der Waals surface area contributed by atoms with Crippen molar-refractivity contribution < 1.29 is 34.1 Å². The van der Waals surface area contributed by atoms with Crippen molar-refractivity contribution in [3.8, 4) is 0 Å². The number of amides is 3. The average molecular weight is 686 g/mol. The van der Waals surface area contributed by atoms with Crippen LogP contribution in [0, 0.1) is 11.7 Å². The van der Waals surface area contributed by atoms with Gasteiger partial charge >= 0.3 is 12.0 Å². The number of carbonyl (C=O) groups excluding carboxylic acids is 2. The number of aromatic carboxylic acids is 1. The molecule has 0 spiro atoms. The predicted octanol–water partition coefficient (Wildman–Crippen LogP) is 4.07. The summed E-state index contributed by atoms with van der Waals surface area (Å²) in [6.45, 7) is 5.76. The minimum atomic E-state index is -1.37. The van der Waals surface area contributed by atoms with Crippen LogP contribution in [0.4, 0.5) is 26.5 Å². The third-order valence-electron chi connectivity index (χ3n) is 7.10. The number of carbonyl (C=O) groups is 3. The van der Waals surface area contributed by atoms with E-state index in [2.05, 4.69) is 43.4 Å². The van der Waals surface area contributed by atoms with Gasteiger partial charge in [-0.05, 0) is 49.3 Å². The first-order valence-corrected chi connectivity index (χ1v) is 16.1. The highest BCUT2D eigenvalue weighted by molar-refractivity contribution is 7.79. The summed E-state index contributed by atoms with van der Waals surface area (Å²) < 4.78 is 14.2. The van der Waals surface area contributed by atoms with Crippen molar-refractivity contribution in [3.05, 3.63) is 83.4 Å². The van der Waals surface area contributed by atoms with E-state index in [0.29, 0.717) is 37.8 Å². The molecule has 0 saturated heterocycles. The first kappa shape index (κ1) is 39.4. The molecule has 0 fully saturated rings. The average Bonchev–Trinajstić information content (AvgIpc) is 3.41. The number of aliphatic hydroxyl groups excluding tert-OH is 1. The summed E-state index contributed by atoms with van der Waals surface area (Å²) in [6, 6.07) is 12.7. The number of carboxylic acids is 1. The molecule has 3 amide bonds. The standard InChI is InChI=1S/C23H30FN7O4.C9H10O2.CH4S/c1-4-14(11-26-21(32)17-15(22(33)34)7-6-8-16(17)24)9-10-31-13-30(3)18-19(27-12-28-20(18)31)29-23(35)25-5-2;10-9(11)7-6-8-4-2-1-3-5-8;1-2/h6-8,12,14H,4-5,9-11,13H2,1-3H3,(H,26,32)(H,33,34)(H2,25,27,28,29,35);1-7,9-11H;2H,1H3/b;7-6+;. The zero-order valence-electron chi connectivity index (χ0n) is 27.4. The van der Waals surface area contributed by atoms with Gasteiger partial charge in [0.05, 0.1) is 17.8 Å². The van der Waals surface area contributed by atoms with E-state index in [0.717, 1.165) is 23.7 Å². The summed E-state index contributed by atoms with van der Waals surface area (Å²) in [5, 5.41) is 34.3. The molecule has 3 aromatic rings. The SMILES string of the molecule is CCNC(=O)Nc1ncnc2c1N(C)CN2CCC(CC)CNC(=O)c1c(F)cccc1C(=O)O.CS.OC(O)/C=C/c1ccccc1. The van der Waals surface area contributed by atoms with Gasteiger partial charge in [-0.25, -0.2) is 23.9 Å². The molecular weight excluding hydrogens is 641 g/mol. The topological polar surface area (TPSA) is 180 Å². The number of thiol groups is 1. The Balaban J connectivity index is 0.000000517. The molecular formula is C33H44FN7O6S. The second kappa shape index (κ2) is 20.5. The number of hydrogen-bond acceptors (Lipinski definition) is 10. The van der Waals surface area contributed by atoms with Crippen molar-refractivity contribution in [2.75, 3.05) is 54.7 Å². The van der Waals surface area contributed by atoms with Gasteiger partial charge in [0.2, 0.25) is 0 Å². The Labute approximate surface area is 285 Å². The van der Waals surface area contributed by atoms with Gasteiger partial charge in [-0.1, -0.05) is 55.8 Å². The summed E-state index contributed by atoms with van der Waals surface area (Å²) >= 11 is 3.53. The lowest BCUT2D eigenvalue weighted by Crippen LogP contribution is -2.34. The van der Waals surface area contributed by atoms with Crippen molar-refractivity contribution >= 4 is 53.9 Å². The molecule has 6 N–H and O–H groups in total. The Hall–Kier alpha value is -4.73. The summed E-state index contributed by atoms with van der Waals surface area (Å²) in [5.74, 6) is -1.79. The fraction of sp³-hybridized carbons (Fsp3) is 0.364. The second-order valence-electron chi connectivity index (χ2n) is 10.4. The third kappa shape index (κ3) is 11.8. The first-order valence-electron chi connectivity index (χ1n) is 15.3. The highest BCUT2D eigenvalue weighted by Crippen LogP contribution is 2.38. The van der Waals surface area contributed by atoms with Crippen LogP contribution in [-0.4, -0.2) is 89.1 Å². The molecule has 0 bridgehead atoms. The van der Waals surface area contributed by atoms with E-state index < -0.39 is 29.5 Å². The van der Waals surface area contributed by atoms with E-state index in [1.807, 2.05) is 56.1 Å². The number of anilines is 3. The number of hydrogen-bond donors (Lipinski definition) is 7. The molecule has 0 radical (unpaired) electrons. The number of aliphatic hydroxyl groups is 2. The molecule has 4 rings (SSSR count). The van der Waals surface area contributed by atoms with Crippen molar-refractivity contribution in [2.24, 2.45) is 5.92 Å². The lowest BCUT2D eigenvalue weighted by atomic mass is 10.0. The Morgan fingerprint density at radius 1 is 1.04 bits per heavy atom. The fourth-order valence-corrected chi connectivity index (χ4v) is 4.74. The van der Waals surface area contributed by atoms with E-state index in [9.17, 15) is 23.9 Å². The molecule has 1 aromatic heterocycles. The number of benzene rings is 2. The lowest BCUT2D eigenvalue weighted by Gasteiger charge is -2.22. The number of carboxylic acid groups (broad SMARTS) is 1. The fourth-order valence-electron chi connectivity index (χ4n) is 4.74. The maximum Gasteiger partial charge on any atom is 0.336 e. The third-order valence-corrected chi connectivity index (χ3v) is 7.10. The Morgan fingerprint density at radius 3 is 2.38 bits per heavy atom. The number of halogens is 1. The molecule has 1 atom stereocenters. The van der Waals surface area contributed by atoms with Crippen LogP contribution >= 0.6 is 12.6 Å². The van der Waals surface area contributed by atoms with Crippen LogP contribution < -0.4 is 25.8 Å². The van der Waals surface area contributed by atoms with Gasteiger partial charge in [0, 0.05) is 26.7 Å². The normalized spacial score (nSPS) is 12.4. The van der Waals surface area contributed by atoms with Gasteiger partial charge in [-0.3, -0.25) is 10.1 Å². The molecule has 1 unspecified atom stereocenters. The minimum absolute atomic E-state index is 0.0723. The maximum absolute atomic E-state index is 14.2. The van der Waals surface area contributed by atoms with E-state index in [1.165, 1.54) is 24.5 Å².